The van der Waals surface area contributed by atoms with Crippen LogP contribution < -0.4 is 11.1 Å². The van der Waals surface area contributed by atoms with Gasteiger partial charge in [-0.2, -0.15) is 0 Å². The molecule has 0 aliphatic rings. The van der Waals surface area contributed by atoms with Crippen LogP contribution in [-0.4, -0.2) is 26.1 Å². The number of sulfone groups is 1. The summed E-state index contributed by atoms with van der Waals surface area (Å²) in [5.74, 6) is -0.554. The number of halogens is 1. The van der Waals surface area contributed by atoms with Gasteiger partial charge in [0.05, 0.1) is 10.7 Å². The lowest BCUT2D eigenvalue weighted by Crippen LogP contribution is -2.38. The molecular formula is C12H17ClN2O3S. The Labute approximate surface area is 118 Å². The third-order valence-electron chi connectivity index (χ3n) is 2.67. The van der Waals surface area contributed by atoms with Gasteiger partial charge in [-0.15, -0.1) is 0 Å². The number of nitrogen functional groups attached to an aromatic ring is 1. The average Bonchev–Trinajstić information content (AvgIpc) is 2.34. The number of rotatable bonds is 5. The third kappa shape index (κ3) is 3.39. The van der Waals surface area contributed by atoms with E-state index in [2.05, 4.69) is 5.32 Å². The smallest absolute Gasteiger partial charge is 0.238 e. The molecule has 0 aliphatic carbocycles. The number of hydrogen-bond acceptors (Lipinski definition) is 4. The van der Waals surface area contributed by atoms with Gasteiger partial charge >= 0.3 is 0 Å². The molecule has 1 aromatic rings. The van der Waals surface area contributed by atoms with E-state index in [1.807, 2.05) is 6.92 Å². The largest absolute Gasteiger partial charge is 0.398 e. The van der Waals surface area contributed by atoms with Gasteiger partial charge < -0.3 is 11.1 Å². The van der Waals surface area contributed by atoms with Crippen LogP contribution in [0.3, 0.4) is 0 Å². The van der Waals surface area contributed by atoms with Gasteiger partial charge in [-0.1, -0.05) is 24.6 Å². The van der Waals surface area contributed by atoms with Crippen LogP contribution >= 0.6 is 11.6 Å². The second-order valence-electron chi connectivity index (χ2n) is 4.14. The van der Waals surface area contributed by atoms with E-state index in [0.29, 0.717) is 6.54 Å². The van der Waals surface area contributed by atoms with Crippen LogP contribution in [0.5, 0.6) is 0 Å². The van der Waals surface area contributed by atoms with Crippen LogP contribution in [0.15, 0.2) is 23.1 Å². The Hall–Kier alpha value is -1.27. The minimum atomic E-state index is -3.90. The quantitative estimate of drug-likeness (QED) is 0.809. The highest BCUT2D eigenvalue weighted by atomic mass is 35.5. The number of nitrogens with two attached hydrogens (primary N) is 1. The average molecular weight is 305 g/mol. The van der Waals surface area contributed by atoms with Crippen LogP contribution in [0, 0.1) is 0 Å². The summed E-state index contributed by atoms with van der Waals surface area (Å²) < 4.78 is 24.7. The van der Waals surface area contributed by atoms with Crippen molar-refractivity contribution in [1.29, 1.82) is 0 Å². The van der Waals surface area contributed by atoms with Crippen molar-refractivity contribution in [2.75, 3.05) is 12.3 Å². The number of carbonyl (C=O) groups excluding carboxylic acids is 1. The molecule has 7 heteroatoms. The molecule has 0 aliphatic heterocycles. The van der Waals surface area contributed by atoms with Gasteiger partial charge in [0.2, 0.25) is 5.91 Å². The predicted octanol–water partition coefficient (Wildman–Crippen LogP) is 1.61. The van der Waals surface area contributed by atoms with Gasteiger partial charge in [0.25, 0.3) is 0 Å². The van der Waals surface area contributed by atoms with Crippen molar-refractivity contribution >= 4 is 33.0 Å². The van der Waals surface area contributed by atoms with E-state index in [0.717, 1.165) is 6.42 Å². The molecule has 5 nitrogen and oxygen atoms in total. The Morgan fingerprint density at radius 1 is 1.47 bits per heavy atom. The first kappa shape index (κ1) is 15.8. The standard InChI is InChI=1S/C12H17ClN2O3S/c1-3-7-15-12(16)8(2)19(17,18)11-9(13)5-4-6-10(11)14/h4-6,8H,3,7,14H2,1-2H3,(H,15,16). The van der Waals surface area contributed by atoms with Crippen LogP contribution in [0.4, 0.5) is 5.69 Å². The normalized spacial score (nSPS) is 13.0. The third-order valence-corrected chi connectivity index (χ3v) is 5.26. The number of carbonyl (C=O) groups is 1. The second kappa shape index (κ2) is 6.25. The molecule has 1 rings (SSSR count). The SMILES string of the molecule is CCCNC(=O)C(C)S(=O)(=O)c1c(N)cccc1Cl. The number of nitrogens with one attached hydrogen (secondary N) is 1. The Morgan fingerprint density at radius 3 is 2.63 bits per heavy atom. The van der Waals surface area contributed by atoms with E-state index in [1.165, 1.54) is 19.1 Å². The van der Waals surface area contributed by atoms with E-state index >= 15 is 0 Å². The molecule has 0 bridgehead atoms. The van der Waals surface area contributed by atoms with Crippen molar-refractivity contribution in [3.63, 3.8) is 0 Å². The zero-order valence-electron chi connectivity index (χ0n) is 10.8. The maximum Gasteiger partial charge on any atom is 0.238 e. The molecule has 0 saturated heterocycles. The van der Waals surface area contributed by atoms with Crippen LogP contribution in [0.2, 0.25) is 5.02 Å². The summed E-state index contributed by atoms with van der Waals surface area (Å²) in [4.78, 5) is 11.6. The molecule has 0 saturated carbocycles. The fourth-order valence-electron chi connectivity index (χ4n) is 1.54. The second-order valence-corrected chi connectivity index (χ2v) is 6.75. The Morgan fingerprint density at radius 2 is 2.11 bits per heavy atom. The van der Waals surface area contributed by atoms with Crippen molar-refractivity contribution in [2.45, 2.75) is 30.4 Å². The highest BCUT2D eigenvalue weighted by Crippen LogP contribution is 2.30. The molecule has 1 aromatic carbocycles. The van der Waals surface area contributed by atoms with Gasteiger partial charge in [-0.3, -0.25) is 4.79 Å². The molecular weight excluding hydrogens is 288 g/mol. The van der Waals surface area contributed by atoms with E-state index < -0.39 is 21.0 Å². The Kier molecular flexibility index (Phi) is 5.20. The summed E-state index contributed by atoms with van der Waals surface area (Å²) in [6, 6.07) is 4.43. The molecule has 0 spiro atoms. The molecule has 1 amide bonds. The lowest BCUT2D eigenvalue weighted by molar-refractivity contribution is -0.120. The lowest BCUT2D eigenvalue weighted by Gasteiger charge is -2.15. The lowest BCUT2D eigenvalue weighted by atomic mass is 10.3. The monoisotopic (exact) mass is 304 g/mol. The highest BCUT2D eigenvalue weighted by Gasteiger charge is 2.32. The summed E-state index contributed by atoms with van der Waals surface area (Å²) in [6.45, 7) is 3.63. The minimum Gasteiger partial charge on any atom is -0.398 e. The van der Waals surface area contributed by atoms with Crippen molar-refractivity contribution in [3.8, 4) is 0 Å². The van der Waals surface area contributed by atoms with Crippen molar-refractivity contribution in [2.24, 2.45) is 0 Å². The zero-order valence-corrected chi connectivity index (χ0v) is 12.4. The molecule has 1 atom stereocenters. The fraction of sp³-hybridized carbons (Fsp3) is 0.417. The summed E-state index contributed by atoms with van der Waals surface area (Å²) in [5, 5.41) is 1.33. The zero-order chi connectivity index (χ0) is 14.6. The van der Waals surface area contributed by atoms with Gasteiger partial charge in [0.15, 0.2) is 9.84 Å². The van der Waals surface area contributed by atoms with Crippen molar-refractivity contribution in [1.82, 2.24) is 5.32 Å². The minimum absolute atomic E-state index is 0.0233. The molecule has 0 fully saturated rings. The summed E-state index contributed by atoms with van der Waals surface area (Å²) in [7, 11) is -3.90. The van der Waals surface area contributed by atoms with Crippen molar-refractivity contribution in [3.05, 3.63) is 23.2 Å². The van der Waals surface area contributed by atoms with Gasteiger partial charge in [-0.05, 0) is 25.5 Å². The summed E-state index contributed by atoms with van der Waals surface area (Å²) in [6.07, 6.45) is 0.729. The Bertz CT molecular complexity index is 552. The molecule has 0 radical (unpaired) electrons. The summed E-state index contributed by atoms with van der Waals surface area (Å²) in [5.41, 5.74) is 5.69. The first-order chi connectivity index (χ1) is 8.82. The van der Waals surface area contributed by atoms with E-state index in [4.69, 9.17) is 17.3 Å². The van der Waals surface area contributed by atoms with Gasteiger partial charge in [0.1, 0.15) is 10.1 Å². The maximum absolute atomic E-state index is 12.4. The molecule has 19 heavy (non-hydrogen) atoms. The molecule has 0 aromatic heterocycles. The van der Waals surface area contributed by atoms with E-state index in [-0.39, 0.29) is 15.6 Å². The topological polar surface area (TPSA) is 89.3 Å². The van der Waals surface area contributed by atoms with Crippen LogP contribution in [0.25, 0.3) is 0 Å². The Balaban J connectivity index is 3.14. The maximum atomic E-state index is 12.4. The highest BCUT2D eigenvalue weighted by molar-refractivity contribution is 7.93. The van der Waals surface area contributed by atoms with Crippen LogP contribution in [0.1, 0.15) is 20.3 Å². The number of hydrogen-bond donors (Lipinski definition) is 2. The van der Waals surface area contributed by atoms with E-state index in [9.17, 15) is 13.2 Å². The predicted molar refractivity (Wildman–Crippen MR) is 75.8 cm³/mol. The first-order valence-electron chi connectivity index (χ1n) is 5.88. The van der Waals surface area contributed by atoms with Crippen molar-refractivity contribution < 1.29 is 13.2 Å². The molecule has 106 valence electrons. The summed E-state index contributed by atoms with van der Waals surface area (Å²) >= 11 is 5.88. The number of amides is 1. The molecule has 1 unspecified atom stereocenters. The van der Waals surface area contributed by atoms with E-state index in [1.54, 1.807) is 6.07 Å². The van der Waals surface area contributed by atoms with Crippen LogP contribution in [-0.2, 0) is 14.6 Å². The van der Waals surface area contributed by atoms with Gasteiger partial charge in [-0.25, -0.2) is 8.42 Å². The fourth-order valence-corrected chi connectivity index (χ4v) is 3.49. The molecule has 0 heterocycles. The number of anilines is 1. The molecule has 3 N–H and O–H groups in total. The van der Waals surface area contributed by atoms with Gasteiger partial charge in [0, 0.05) is 6.54 Å². The first-order valence-corrected chi connectivity index (χ1v) is 7.80. The number of benzene rings is 1.